The first-order valence-corrected chi connectivity index (χ1v) is 34.6. The standard InChI is InChI=1S/C77H84F8N12O4/c1-91(2)68(98)22-15-36-92(3)59-20-14-37-95(50-59)67-31-27-57(48-88-67)73(63(46-77(83,84)85)53-18-9-6-10-19-53)55-25-29-65-61(44-55)75(79)90-97(65)71-42-51(34-41-101-71)49-93(4)69(99)21-13-35-86-58-32-38-94(39-33-58)66-30-26-56(47-87-66)72(62(45-76(80,81)82)52-16-7-5-8-17-52)54-24-28-64-60(43-54)74(78)89-96(64)70-23-11-12-40-100-70/h5-10,13,15-19,21-22,24-31,43-44,47-48,51,58-59,70-71,86H,11-12,14,20,23,32-42,45-46,49-50H2,1-4H3/b21-13+,22-15+,72-62-,73-63-/t51?,59-,70?,71?/m0/s1. The van der Waals surface area contributed by atoms with Crippen molar-refractivity contribution >= 4 is 67.5 Å². The first-order chi connectivity index (χ1) is 48.6. The number of halogens is 8. The number of rotatable bonds is 22. The van der Waals surface area contributed by atoms with E-state index in [0.717, 1.165) is 45.1 Å². The molecule has 4 aliphatic rings. The lowest BCUT2D eigenvalue weighted by atomic mass is 9.88. The molecule has 8 heterocycles. The van der Waals surface area contributed by atoms with Crippen LogP contribution in [0.3, 0.4) is 0 Å². The first kappa shape index (κ1) is 71.7. The normalized spacial score (nSPS) is 19.6. The van der Waals surface area contributed by atoms with Crippen molar-refractivity contribution in [2.45, 2.75) is 108 Å². The van der Waals surface area contributed by atoms with E-state index in [2.05, 4.69) is 30.2 Å². The molecule has 532 valence electrons. The van der Waals surface area contributed by atoms with Crippen LogP contribution in [0.25, 0.3) is 44.1 Å². The van der Waals surface area contributed by atoms with Crippen LogP contribution in [-0.2, 0) is 19.1 Å². The Labute approximate surface area is 582 Å². The number of likely N-dealkylation sites (N-methyl/N-ethyl adjacent to an activating group) is 3. The molecule has 0 radical (unpaired) electrons. The number of carbonyl (C=O) groups is 2. The minimum absolute atomic E-state index is 0.00148. The van der Waals surface area contributed by atoms with Gasteiger partial charge in [-0.25, -0.2) is 19.3 Å². The number of pyridine rings is 2. The highest BCUT2D eigenvalue weighted by atomic mass is 19.4. The summed E-state index contributed by atoms with van der Waals surface area (Å²) in [5.41, 5.74) is 3.80. The number of piperidine rings is 2. The number of benzene rings is 4. The lowest BCUT2D eigenvalue weighted by Gasteiger charge is -2.38. The fourth-order valence-electron chi connectivity index (χ4n) is 14.3. The summed E-state index contributed by atoms with van der Waals surface area (Å²) in [4.78, 5) is 45.0. The molecular formula is C77H84F8N12O4. The van der Waals surface area contributed by atoms with Crippen molar-refractivity contribution in [3.8, 4) is 0 Å². The van der Waals surface area contributed by atoms with Gasteiger partial charge in [-0.2, -0.15) is 35.1 Å². The number of carbonyl (C=O) groups excluding carboxylic acids is 2. The Morgan fingerprint density at radius 1 is 0.574 bits per heavy atom. The molecular weight excluding hydrogens is 1310 g/mol. The van der Waals surface area contributed by atoms with E-state index in [1.54, 1.807) is 166 Å². The van der Waals surface area contributed by atoms with Crippen LogP contribution in [0.5, 0.6) is 0 Å². The molecule has 4 aliphatic heterocycles. The van der Waals surface area contributed by atoms with E-state index < -0.39 is 49.5 Å². The molecule has 0 saturated carbocycles. The van der Waals surface area contributed by atoms with E-state index in [1.807, 2.05) is 25.3 Å². The molecule has 2 amide bonds. The molecule has 24 heteroatoms. The number of ether oxygens (including phenoxy) is 2. The van der Waals surface area contributed by atoms with Crippen LogP contribution in [0.2, 0.25) is 0 Å². The molecule has 0 bridgehead atoms. The zero-order chi connectivity index (χ0) is 71.0. The van der Waals surface area contributed by atoms with Gasteiger partial charge in [-0.1, -0.05) is 84.9 Å². The minimum Gasteiger partial charge on any atom is -0.357 e. The fourth-order valence-corrected chi connectivity index (χ4v) is 14.3. The second-order valence-electron chi connectivity index (χ2n) is 26.9. The third-order valence-corrected chi connectivity index (χ3v) is 19.6. The van der Waals surface area contributed by atoms with Crippen molar-refractivity contribution in [2.24, 2.45) is 5.92 Å². The van der Waals surface area contributed by atoms with Crippen LogP contribution in [0.15, 0.2) is 158 Å². The Kier molecular flexibility index (Phi) is 22.6. The third-order valence-electron chi connectivity index (χ3n) is 19.6. The van der Waals surface area contributed by atoms with Crippen molar-refractivity contribution in [3.05, 3.63) is 203 Å². The molecule has 4 aromatic heterocycles. The van der Waals surface area contributed by atoms with Gasteiger partial charge >= 0.3 is 12.4 Å². The zero-order valence-corrected chi connectivity index (χ0v) is 57.1. The minimum atomic E-state index is -4.60. The smallest absolute Gasteiger partial charge is 0.357 e. The van der Waals surface area contributed by atoms with Crippen LogP contribution >= 0.6 is 0 Å². The Bertz CT molecular complexity index is 4290. The number of allylic oxidation sites excluding steroid dienone is 2. The van der Waals surface area contributed by atoms with Crippen molar-refractivity contribution in [3.63, 3.8) is 0 Å². The molecule has 0 spiro atoms. The second-order valence-corrected chi connectivity index (χ2v) is 26.9. The zero-order valence-electron chi connectivity index (χ0n) is 57.1. The van der Waals surface area contributed by atoms with Crippen molar-refractivity contribution in [1.82, 2.24) is 49.5 Å². The SMILES string of the molecule is CN(C)C(=O)/C=C/CN(C)[C@H]1CCCN(c2ccc(/C(=C(/CC(F)(F)F)c3ccccc3)c3ccc4c(c3)c(F)nn4C3CC(CN(C)C(=O)/C=C/CNC4CCN(c5ccc(/C(=C(/CC(F)(F)F)c6ccccc6)c6ccc7c(c6)c(F)nn7C6CCCCO6)cn5)CC4)CCO3)cn2)C1. The molecule has 3 unspecified atom stereocenters. The topological polar surface area (TPSA) is 142 Å². The molecule has 0 aliphatic carbocycles. The number of nitrogens with zero attached hydrogens (tertiary/aromatic N) is 11. The van der Waals surface area contributed by atoms with Crippen LogP contribution in [0.1, 0.15) is 116 Å². The van der Waals surface area contributed by atoms with Gasteiger partial charge in [-0.3, -0.25) is 14.5 Å². The largest absolute Gasteiger partial charge is 0.393 e. The maximum Gasteiger partial charge on any atom is 0.393 e. The predicted octanol–water partition coefficient (Wildman–Crippen LogP) is 14.7. The van der Waals surface area contributed by atoms with E-state index >= 15 is 8.78 Å². The van der Waals surface area contributed by atoms with Gasteiger partial charge in [0, 0.05) is 128 Å². The van der Waals surface area contributed by atoms with Crippen molar-refractivity contribution in [2.75, 3.05) is 97.0 Å². The number of hydrogen-bond donors (Lipinski definition) is 1. The van der Waals surface area contributed by atoms with Crippen LogP contribution in [0.4, 0.5) is 46.8 Å². The summed E-state index contributed by atoms with van der Waals surface area (Å²) < 4.78 is 135. The molecule has 101 heavy (non-hydrogen) atoms. The summed E-state index contributed by atoms with van der Waals surface area (Å²) in [5, 5.41) is 12.3. The quantitative estimate of drug-likeness (QED) is 0.0392. The van der Waals surface area contributed by atoms with Gasteiger partial charge in [0.15, 0.2) is 12.5 Å². The van der Waals surface area contributed by atoms with Gasteiger partial charge in [-0.15, -0.1) is 10.2 Å². The van der Waals surface area contributed by atoms with Gasteiger partial charge in [0.05, 0.1) is 34.6 Å². The fraction of sp³-hybridized carbons (Fsp3) is 0.403. The van der Waals surface area contributed by atoms with E-state index in [9.17, 15) is 35.9 Å². The summed E-state index contributed by atoms with van der Waals surface area (Å²) in [5.74, 6) is -0.530. The number of anilines is 2. The lowest BCUT2D eigenvalue weighted by Crippen LogP contribution is -2.46. The Morgan fingerprint density at radius 2 is 1.12 bits per heavy atom. The van der Waals surface area contributed by atoms with Gasteiger partial charge < -0.3 is 34.4 Å². The van der Waals surface area contributed by atoms with Crippen LogP contribution in [-0.4, -0.2) is 168 Å². The molecule has 4 saturated heterocycles. The number of amides is 2. The van der Waals surface area contributed by atoms with Gasteiger partial charge in [0.25, 0.3) is 0 Å². The highest BCUT2D eigenvalue weighted by Gasteiger charge is 2.36. The molecule has 12 rings (SSSR count). The Morgan fingerprint density at radius 3 is 1.65 bits per heavy atom. The highest BCUT2D eigenvalue weighted by molar-refractivity contribution is 6.02. The number of alkyl halides is 6. The Hall–Kier alpha value is -9.10. The average molecular weight is 1390 g/mol. The third kappa shape index (κ3) is 17.6. The molecule has 8 aromatic rings. The maximum absolute atomic E-state index is 16.4. The van der Waals surface area contributed by atoms with Crippen LogP contribution in [0, 0.1) is 17.8 Å². The lowest BCUT2D eigenvalue weighted by molar-refractivity contribution is -0.127. The van der Waals surface area contributed by atoms with Crippen molar-refractivity contribution in [1.29, 1.82) is 0 Å². The monoisotopic (exact) mass is 1390 g/mol. The first-order valence-electron chi connectivity index (χ1n) is 34.6. The maximum atomic E-state index is 16.4. The predicted molar refractivity (Wildman–Crippen MR) is 376 cm³/mol. The van der Waals surface area contributed by atoms with E-state index in [1.165, 1.54) is 14.3 Å². The van der Waals surface area contributed by atoms with E-state index in [4.69, 9.17) is 19.4 Å². The molecule has 4 fully saturated rings. The summed E-state index contributed by atoms with van der Waals surface area (Å²) in [6, 6.07) is 34.1. The van der Waals surface area contributed by atoms with Gasteiger partial charge in [-0.05, 0) is 164 Å². The molecule has 1 N–H and O–H groups in total. The summed E-state index contributed by atoms with van der Waals surface area (Å²) in [7, 11) is 7.15. The Balaban J connectivity index is 0.672. The summed E-state index contributed by atoms with van der Waals surface area (Å²) in [6.07, 6.45) is 4.00. The summed E-state index contributed by atoms with van der Waals surface area (Å²) in [6.45, 7) is 4.95. The van der Waals surface area contributed by atoms with E-state index in [0.29, 0.717) is 128 Å². The second kappa shape index (κ2) is 31.8. The average Bonchev–Trinajstić information content (AvgIpc) is 1.69. The van der Waals surface area contributed by atoms with E-state index in [-0.39, 0.29) is 62.9 Å². The summed E-state index contributed by atoms with van der Waals surface area (Å²) >= 11 is 0. The van der Waals surface area contributed by atoms with Gasteiger partial charge in [0.1, 0.15) is 11.6 Å². The van der Waals surface area contributed by atoms with Gasteiger partial charge in [0.2, 0.25) is 23.7 Å². The van der Waals surface area contributed by atoms with Crippen LogP contribution < -0.4 is 15.1 Å². The van der Waals surface area contributed by atoms with Crippen molar-refractivity contribution < 1.29 is 54.2 Å². The number of hydrogen-bond acceptors (Lipinski definition) is 12. The number of aromatic nitrogens is 6. The molecule has 4 aromatic carbocycles. The number of fused-ring (bicyclic) bond motifs is 2. The molecule has 4 atom stereocenters. The number of nitrogens with one attached hydrogen (secondary N) is 1. The molecule has 16 nitrogen and oxygen atoms in total. The highest BCUT2D eigenvalue weighted by Crippen LogP contribution is 2.44.